The summed E-state index contributed by atoms with van der Waals surface area (Å²) in [5.74, 6) is 2.09. The van der Waals surface area contributed by atoms with E-state index in [1.54, 1.807) is 23.3 Å². The fraction of sp³-hybridized carbons (Fsp3) is 0.185. The summed E-state index contributed by atoms with van der Waals surface area (Å²) in [5.41, 5.74) is 3.82. The summed E-state index contributed by atoms with van der Waals surface area (Å²) in [6.45, 7) is 0.799. The molecule has 1 aliphatic rings. The molecule has 7 heteroatoms. The van der Waals surface area contributed by atoms with Crippen LogP contribution >= 0.6 is 11.3 Å². The fourth-order valence-corrected chi connectivity index (χ4v) is 4.67. The number of aromatic nitrogens is 1. The second kappa shape index (κ2) is 9.97. The first-order chi connectivity index (χ1) is 16.7. The standard InChI is InChI=1S/C27H24N2O4S/c1-31-21-8-10-22(11-9-21)32-14-13-29-24-16-20(7-12-25(24)33-17-27(29)30)23-18-34-26(28-23)15-19-5-3-2-4-6-19/h2-12,16,18H,13-15,17H2,1H3. The zero-order valence-corrected chi connectivity index (χ0v) is 19.6. The molecule has 0 fully saturated rings. The van der Waals surface area contributed by atoms with Crippen molar-refractivity contribution < 1.29 is 19.0 Å². The maximum atomic E-state index is 12.7. The van der Waals surface area contributed by atoms with Crippen molar-refractivity contribution in [1.29, 1.82) is 0 Å². The normalized spacial score (nSPS) is 12.7. The lowest BCUT2D eigenvalue weighted by molar-refractivity contribution is -0.121. The Morgan fingerprint density at radius 1 is 1.03 bits per heavy atom. The molecule has 0 saturated carbocycles. The van der Waals surface area contributed by atoms with Crippen molar-refractivity contribution in [2.24, 2.45) is 0 Å². The molecule has 5 rings (SSSR count). The van der Waals surface area contributed by atoms with E-state index in [0.29, 0.717) is 18.9 Å². The number of thiazole rings is 1. The lowest BCUT2D eigenvalue weighted by Crippen LogP contribution is -2.41. The highest BCUT2D eigenvalue weighted by Crippen LogP contribution is 2.36. The van der Waals surface area contributed by atoms with Crippen molar-refractivity contribution in [2.75, 3.05) is 31.8 Å². The number of amides is 1. The summed E-state index contributed by atoms with van der Waals surface area (Å²) in [7, 11) is 1.63. The predicted molar refractivity (Wildman–Crippen MR) is 133 cm³/mol. The molecule has 0 unspecified atom stereocenters. The number of rotatable bonds is 8. The van der Waals surface area contributed by atoms with Gasteiger partial charge in [0.15, 0.2) is 6.61 Å². The van der Waals surface area contributed by atoms with Crippen molar-refractivity contribution >= 4 is 22.9 Å². The lowest BCUT2D eigenvalue weighted by Gasteiger charge is -2.29. The Hall–Kier alpha value is -3.84. The van der Waals surface area contributed by atoms with Gasteiger partial charge in [0.05, 0.1) is 30.0 Å². The van der Waals surface area contributed by atoms with Gasteiger partial charge in [0.1, 0.15) is 23.9 Å². The lowest BCUT2D eigenvalue weighted by atomic mass is 10.1. The summed E-state index contributed by atoms with van der Waals surface area (Å²) in [6.07, 6.45) is 0.798. The summed E-state index contributed by atoms with van der Waals surface area (Å²) in [6, 6.07) is 23.6. The van der Waals surface area contributed by atoms with Crippen LogP contribution in [0.1, 0.15) is 10.6 Å². The number of nitrogens with zero attached hydrogens (tertiary/aromatic N) is 2. The summed E-state index contributed by atoms with van der Waals surface area (Å²) >= 11 is 1.64. The van der Waals surface area contributed by atoms with Gasteiger partial charge in [-0.25, -0.2) is 4.98 Å². The number of anilines is 1. The second-order valence-corrected chi connectivity index (χ2v) is 8.77. The molecule has 0 bridgehead atoms. The van der Waals surface area contributed by atoms with Gasteiger partial charge in [0.25, 0.3) is 5.91 Å². The van der Waals surface area contributed by atoms with E-state index in [1.807, 2.05) is 60.7 Å². The minimum atomic E-state index is -0.0916. The van der Waals surface area contributed by atoms with Crippen LogP contribution in [0.25, 0.3) is 11.3 Å². The van der Waals surface area contributed by atoms with Crippen LogP contribution in [-0.4, -0.2) is 37.8 Å². The molecule has 1 amide bonds. The molecule has 4 aromatic rings. The van der Waals surface area contributed by atoms with Gasteiger partial charge < -0.3 is 19.1 Å². The van der Waals surface area contributed by atoms with Gasteiger partial charge in [-0.15, -0.1) is 11.3 Å². The van der Waals surface area contributed by atoms with Crippen molar-refractivity contribution in [3.8, 4) is 28.5 Å². The van der Waals surface area contributed by atoms with Gasteiger partial charge >= 0.3 is 0 Å². The Morgan fingerprint density at radius 3 is 2.62 bits per heavy atom. The average Bonchev–Trinajstić information content (AvgIpc) is 3.34. The molecule has 1 aromatic heterocycles. The van der Waals surface area contributed by atoms with Crippen LogP contribution in [0.3, 0.4) is 0 Å². The fourth-order valence-electron chi connectivity index (χ4n) is 3.83. The molecule has 0 saturated heterocycles. The third-order valence-electron chi connectivity index (χ3n) is 5.59. The Kier molecular flexibility index (Phi) is 6.44. The molecular weight excluding hydrogens is 448 g/mol. The van der Waals surface area contributed by atoms with Crippen LogP contribution in [0.15, 0.2) is 78.2 Å². The van der Waals surface area contributed by atoms with Crippen LogP contribution in [0.4, 0.5) is 5.69 Å². The third kappa shape index (κ3) is 4.89. The van der Waals surface area contributed by atoms with E-state index in [0.717, 1.165) is 39.9 Å². The van der Waals surface area contributed by atoms with Gasteiger partial charge in [0.2, 0.25) is 0 Å². The van der Waals surface area contributed by atoms with Crippen molar-refractivity contribution in [3.05, 3.63) is 88.7 Å². The minimum Gasteiger partial charge on any atom is -0.497 e. The van der Waals surface area contributed by atoms with E-state index in [2.05, 4.69) is 17.5 Å². The van der Waals surface area contributed by atoms with E-state index in [4.69, 9.17) is 19.2 Å². The first kappa shape index (κ1) is 22.0. The van der Waals surface area contributed by atoms with E-state index < -0.39 is 0 Å². The van der Waals surface area contributed by atoms with Crippen molar-refractivity contribution in [1.82, 2.24) is 4.98 Å². The molecule has 0 spiro atoms. The summed E-state index contributed by atoms with van der Waals surface area (Å²) in [5, 5.41) is 3.11. The van der Waals surface area contributed by atoms with Crippen LogP contribution in [0.2, 0.25) is 0 Å². The number of benzene rings is 3. The smallest absolute Gasteiger partial charge is 0.265 e. The number of carbonyl (C=O) groups is 1. The molecule has 172 valence electrons. The molecule has 0 N–H and O–H groups in total. The topological polar surface area (TPSA) is 60.9 Å². The van der Waals surface area contributed by atoms with Gasteiger partial charge in [-0.3, -0.25) is 4.79 Å². The maximum Gasteiger partial charge on any atom is 0.265 e. The number of fused-ring (bicyclic) bond motifs is 1. The largest absolute Gasteiger partial charge is 0.497 e. The SMILES string of the molecule is COc1ccc(OCCN2C(=O)COc3ccc(-c4csc(Cc5ccccc5)n4)cc32)cc1. The highest BCUT2D eigenvalue weighted by atomic mass is 32.1. The van der Waals surface area contributed by atoms with Crippen LogP contribution < -0.4 is 19.1 Å². The molecule has 0 aliphatic carbocycles. The molecule has 0 radical (unpaired) electrons. The van der Waals surface area contributed by atoms with Crippen molar-refractivity contribution in [3.63, 3.8) is 0 Å². The highest BCUT2D eigenvalue weighted by Gasteiger charge is 2.26. The van der Waals surface area contributed by atoms with Crippen LogP contribution in [0.5, 0.6) is 17.2 Å². The van der Waals surface area contributed by atoms with E-state index >= 15 is 0 Å². The van der Waals surface area contributed by atoms with Gasteiger partial charge in [-0.2, -0.15) is 0 Å². The number of hydrogen-bond acceptors (Lipinski definition) is 6. The molecular formula is C27H24N2O4S. The molecule has 2 heterocycles. The number of ether oxygens (including phenoxy) is 3. The molecule has 34 heavy (non-hydrogen) atoms. The molecule has 3 aromatic carbocycles. The number of carbonyl (C=O) groups excluding carboxylic acids is 1. The third-order valence-corrected chi connectivity index (χ3v) is 6.44. The predicted octanol–water partition coefficient (Wildman–Crippen LogP) is 5.21. The zero-order valence-electron chi connectivity index (χ0n) is 18.8. The highest BCUT2D eigenvalue weighted by molar-refractivity contribution is 7.10. The number of methoxy groups -OCH3 is 1. The first-order valence-electron chi connectivity index (χ1n) is 11.0. The van der Waals surface area contributed by atoms with E-state index in [-0.39, 0.29) is 12.5 Å². The minimum absolute atomic E-state index is 0.0206. The molecule has 6 nitrogen and oxygen atoms in total. The Labute approximate surface area is 202 Å². The summed E-state index contributed by atoms with van der Waals surface area (Å²) < 4.78 is 16.7. The Morgan fingerprint density at radius 2 is 1.82 bits per heavy atom. The van der Waals surface area contributed by atoms with Gasteiger partial charge in [0, 0.05) is 17.4 Å². The quantitative estimate of drug-likeness (QED) is 0.352. The van der Waals surface area contributed by atoms with E-state index in [1.165, 1.54) is 5.56 Å². The second-order valence-electron chi connectivity index (χ2n) is 7.83. The van der Waals surface area contributed by atoms with E-state index in [9.17, 15) is 4.79 Å². The van der Waals surface area contributed by atoms with Gasteiger partial charge in [-0.05, 0) is 48.0 Å². The summed E-state index contributed by atoms with van der Waals surface area (Å²) in [4.78, 5) is 19.2. The molecule has 1 aliphatic heterocycles. The van der Waals surface area contributed by atoms with Crippen molar-refractivity contribution in [2.45, 2.75) is 6.42 Å². The monoisotopic (exact) mass is 472 g/mol. The zero-order chi connectivity index (χ0) is 23.3. The Balaban J connectivity index is 1.30. The Bertz CT molecular complexity index is 1270. The average molecular weight is 473 g/mol. The maximum absolute atomic E-state index is 12.7. The molecule has 0 atom stereocenters. The number of hydrogen-bond donors (Lipinski definition) is 0. The first-order valence-corrected chi connectivity index (χ1v) is 11.9. The van der Waals surface area contributed by atoms with Crippen LogP contribution in [-0.2, 0) is 11.2 Å². The van der Waals surface area contributed by atoms with Crippen LogP contribution in [0, 0.1) is 0 Å². The van der Waals surface area contributed by atoms with Gasteiger partial charge in [-0.1, -0.05) is 30.3 Å².